The van der Waals surface area contributed by atoms with Crippen LogP contribution in [-0.4, -0.2) is 46.7 Å². The Labute approximate surface area is 149 Å². The average molecular weight is 422 g/mol. The number of likely N-dealkylation sites (tertiary alicyclic amines) is 1. The van der Waals surface area contributed by atoms with Gasteiger partial charge in [-0.15, -0.1) is 24.0 Å². The minimum Gasteiger partial charge on any atom is -0.443 e. The molecule has 0 radical (unpaired) electrons. The highest BCUT2D eigenvalue weighted by Crippen LogP contribution is 2.22. The van der Waals surface area contributed by atoms with Gasteiger partial charge in [0.2, 0.25) is 5.89 Å². The Hall–Kier alpha value is -0.830. The SMILES string of the molecule is CCNC(=NCc1ncc(C(C)(C)C)o1)N1CC[C@@H](O)C1.I. The number of hydrogen-bond acceptors (Lipinski definition) is 4. The summed E-state index contributed by atoms with van der Waals surface area (Å²) in [7, 11) is 0. The zero-order valence-corrected chi connectivity index (χ0v) is 16.1. The van der Waals surface area contributed by atoms with Crippen molar-refractivity contribution in [1.82, 2.24) is 15.2 Å². The first-order chi connectivity index (χ1) is 9.90. The number of aliphatic imine (C=N–C) groups is 1. The van der Waals surface area contributed by atoms with Gasteiger partial charge >= 0.3 is 0 Å². The first-order valence-corrected chi connectivity index (χ1v) is 7.56. The molecule has 1 aliphatic rings. The summed E-state index contributed by atoms with van der Waals surface area (Å²) >= 11 is 0. The lowest BCUT2D eigenvalue weighted by molar-refractivity contribution is 0.187. The van der Waals surface area contributed by atoms with E-state index in [0.717, 1.165) is 31.2 Å². The van der Waals surface area contributed by atoms with E-state index >= 15 is 0 Å². The van der Waals surface area contributed by atoms with Gasteiger partial charge in [-0.05, 0) is 13.3 Å². The molecule has 2 N–H and O–H groups in total. The highest BCUT2D eigenvalue weighted by atomic mass is 127. The summed E-state index contributed by atoms with van der Waals surface area (Å²) in [6, 6.07) is 0. The Bertz CT molecular complexity index is 496. The lowest BCUT2D eigenvalue weighted by Gasteiger charge is -2.20. The molecule has 1 fully saturated rings. The topological polar surface area (TPSA) is 73.9 Å². The number of nitrogens with one attached hydrogen (secondary N) is 1. The van der Waals surface area contributed by atoms with Gasteiger partial charge in [-0.25, -0.2) is 9.98 Å². The first-order valence-electron chi connectivity index (χ1n) is 7.56. The maximum atomic E-state index is 9.64. The monoisotopic (exact) mass is 422 g/mol. The Balaban J connectivity index is 0.00000242. The van der Waals surface area contributed by atoms with Crippen molar-refractivity contribution in [3.05, 3.63) is 17.8 Å². The number of hydrogen-bond donors (Lipinski definition) is 2. The van der Waals surface area contributed by atoms with Gasteiger partial charge < -0.3 is 19.7 Å². The van der Waals surface area contributed by atoms with Crippen LogP contribution in [0.25, 0.3) is 0 Å². The van der Waals surface area contributed by atoms with E-state index in [4.69, 9.17) is 4.42 Å². The van der Waals surface area contributed by atoms with Crippen LogP contribution in [0.3, 0.4) is 0 Å². The van der Waals surface area contributed by atoms with E-state index in [1.54, 1.807) is 6.20 Å². The van der Waals surface area contributed by atoms with Crippen molar-refractivity contribution in [1.29, 1.82) is 0 Å². The third-order valence-electron chi connectivity index (χ3n) is 3.45. The molecule has 2 heterocycles. The van der Waals surface area contributed by atoms with Crippen LogP contribution < -0.4 is 5.32 Å². The molecule has 0 aromatic carbocycles. The molecule has 1 aliphatic heterocycles. The van der Waals surface area contributed by atoms with Gasteiger partial charge in [0, 0.05) is 25.0 Å². The summed E-state index contributed by atoms with van der Waals surface area (Å²) in [5.74, 6) is 2.30. The second-order valence-electron chi connectivity index (χ2n) is 6.43. The number of aliphatic hydroxyl groups is 1. The van der Waals surface area contributed by atoms with Crippen LogP contribution in [0, 0.1) is 0 Å². The predicted octanol–water partition coefficient (Wildman–Crippen LogP) is 2.12. The number of aliphatic hydroxyl groups excluding tert-OH is 1. The van der Waals surface area contributed by atoms with Gasteiger partial charge in [0.1, 0.15) is 12.3 Å². The molecule has 6 nitrogen and oxygen atoms in total. The summed E-state index contributed by atoms with van der Waals surface area (Å²) in [6.45, 7) is 11.0. The second-order valence-corrected chi connectivity index (χ2v) is 6.43. The molecule has 1 atom stereocenters. The first kappa shape index (κ1) is 19.2. The molecule has 0 bridgehead atoms. The summed E-state index contributed by atoms with van der Waals surface area (Å²) < 4.78 is 5.75. The van der Waals surface area contributed by atoms with Gasteiger partial charge in [-0.2, -0.15) is 0 Å². The molecule has 0 unspecified atom stereocenters. The van der Waals surface area contributed by atoms with Crippen molar-refractivity contribution >= 4 is 29.9 Å². The molecule has 1 aromatic rings. The minimum atomic E-state index is -0.261. The van der Waals surface area contributed by atoms with Crippen molar-refractivity contribution in [2.24, 2.45) is 4.99 Å². The molecule has 0 spiro atoms. The largest absolute Gasteiger partial charge is 0.443 e. The van der Waals surface area contributed by atoms with E-state index in [2.05, 4.69) is 41.0 Å². The van der Waals surface area contributed by atoms with Gasteiger partial charge in [-0.1, -0.05) is 20.8 Å². The summed E-state index contributed by atoms with van der Waals surface area (Å²) in [5.41, 5.74) is -0.0431. The highest BCUT2D eigenvalue weighted by Gasteiger charge is 2.23. The molecule has 2 rings (SSSR count). The average Bonchev–Trinajstić information content (AvgIpc) is 3.02. The van der Waals surface area contributed by atoms with Crippen LogP contribution >= 0.6 is 24.0 Å². The van der Waals surface area contributed by atoms with Gasteiger partial charge in [0.25, 0.3) is 0 Å². The number of oxazole rings is 1. The lowest BCUT2D eigenvalue weighted by Crippen LogP contribution is -2.40. The number of aromatic nitrogens is 1. The molecular weight excluding hydrogens is 395 g/mol. The minimum absolute atomic E-state index is 0. The Morgan fingerprint density at radius 2 is 2.27 bits per heavy atom. The number of β-amino-alcohol motifs (C(OH)–C–C–N with tert-alkyl or cyclic N) is 1. The molecule has 126 valence electrons. The zero-order valence-electron chi connectivity index (χ0n) is 13.8. The maximum Gasteiger partial charge on any atom is 0.216 e. The maximum absolute atomic E-state index is 9.64. The molecule has 0 saturated carbocycles. The Morgan fingerprint density at radius 1 is 1.55 bits per heavy atom. The summed E-state index contributed by atoms with van der Waals surface area (Å²) in [5, 5.41) is 12.9. The van der Waals surface area contributed by atoms with Crippen LogP contribution in [0.5, 0.6) is 0 Å². The molecule has 0 aliphatic carbocycles. The number of guanidine groups is 1. The van der Waals surface area contributed by atoms with E-state index in [1.165, 1.54) is 0 Å². The van der Waals surface area contributed by atoms with Gasteiger partial charge in [0.15, 0.2) is 5.96 Å². The summed E-state index contributed by atoms with van der Waals surface area (Å²) in [4.78, 5) is 10.9. The second kappa shape index (κ2) is 8.14. The molecule has 1 saturated heterocycles. The summed E-state index contributed by atoms with van der Waals surface area (Å²) in [6.07, 6.45) is 2.30. The molecule has 0 amide bonds. The van der Waals surface area contributed by atoms with Crippen molar-refractivity contribution in [2.45, 2.75) is 52.2 Å². The van der Waals surface area contributed by atoms with Crippen LogP contribution in [0.2, 0.25) is 0 Å². The molecular formula is C15H27IN4O2. The van der Waals surface area contributed by atoms with E-state index in [-0.39, 0.29) is 35.5 Å². The number of rotatable bonds is 3. The van der Waals surface area contributed by atoms with Crippen molar-refractivity contribution in [3.8, 4) is 0 Å². The van der Waals surface area contributed by atoms with Crippen LogP contribution in [0.1, 0.15) is 45.8 Å². The fourth-order valence-electron chi connectivity index (χ4n) is 2.23. The number of nitrogens with zero attached hydrogens (tertiary/aromatic N) is 3. The van der Waals surface area contributed by atoms with E-state index < -0.39 is 0 Å². The smallest absolute Gasteiger partial charge is 0.216 e. The van der Waals surface area contributed by atoms with E-state index in [1.807, 2.05) is 6.92 Å². The molecule has 1 aromatic heterocycles. The van der Waals surface area contributed by atoms with Crippen LogP contribution in [0.4, 0.5) is 0 Å². The standard InChI is InChI=1S/C15H26N4O2.HI/c1-5-16-14(19-7-6-11(20)10-19)18-9-13-17-8-12(21-13)15(2,3)4;/h8,11,20H,5-7,9-10H2,1-4H3,(H,16,18);1H/t11-;/m1./s1. The van der Waals surface area contributed by atoms with E-state index in [0.29, 0.717) is 19.0 Å². The predicted molar refractivity (Wildman–Crippen MR) is 97.6 cm³/mol. The third kappa shape index (κ3) is 5.12. The van der Waals surface area contributed by atoms with E-state index in [9.17, 15) is 5.11 Å². The fourth-order valence-corrected chi connectivity index (χ4v) is 2.23. The van der Waals surface area contributed by atoms with Crippen molar-refractivity contribution in [3.63, 3.8) is 0 Å². The van der Waals surface area contributed by atoms with Crippen LogP contribution in [-0.2, 0) is 12.0 Å². The Morgan fingerprint density at radius 3 is 2.77 bits per heavy atom. The van der Waals surface area contributed by atoms with Gasteiger partial charge in [0.05, 0.1) is 12.3 Å². The third-order valence-corrected chi connectivity index (χ3v) is 3.45. The molecule has 22 heavy (non-hydrogen) atoms. The Kier molecular flexibility index (Phi) is 7.11. The normalized spacial score (nSPS) is 19.2. The number of halogens is 1. The highest BCUT2D eigenvalue weighted by molar-refractivity contribution is 14.0. The van der Waals surface area contributed by atoms with Crippen molar-refractivity contribution < 1.29 is 9.52 Å². The molecule has 7 heteroatoms. The van der Waals surface area contributed by atoms with Crippen LogP contribution in [0.15, 0.2) is 15.6 Å². The lowest BCUT2D eigenvalue weighted by atomic mass is 9.94. The van der Waals surface area contributed by atoms with Crippen molar-refractivity contribution in [2.75, 3.05) is 19.6 Å². The fraction of sp³-hybridized carbons (Fsp3) is 0.733. The quantitative estimate of drug-likeness (QED) is 0.444. The van der Waals surface area contributed by atoms with Gasteiger partial charge in [-0.3, -0.25) is 0 Å². The zero-order chi connectivity index (χ0) is 15.5.